The van der Waals surface area contributed by atoms with Crippen LogP contribution in [0.2, 0.25) is 0 Å². The average molecular weight is 307 g/mol. The maximum atomic E-state index is 12.4. The van der Waals surface area contributed by atoms with Gasteiger partial charge < -0.3 is 5.11 Å². The molecule has 1 atom stereocenters. The van der Waals surface area contributed by atoms with Gasteiger partial charge in [0.25, 0.3) is 0 Å². The summed E-state index contributed by atoms with van der Waals surface area (Å²) in [6.07, 6.45) is 3.83. The molecule has 1 aromatic heterocycles. The highest BCUT2D eigenvalue weighted by atomic mass is 16.4. The van der Waals surface area contributed by atoms with Crippen molar-refractivity contribution in [2.45, 2.75) is 12.8 Å². The first kappa shape index (κ1) is 15.0. The summed E-state index contributed by atoms with van der Waals surface area (Å²) in [4.78, 5) is 23.9. The maximum Gasteiger partial charge on any atom is 0.307 e. The van der Waals surface area contributed by atoms with Crippen LogP contribution in [0.3, 0.4) is 0 Å². The van der Waals surface area contributed by atoms with Crippen molar-refractivity contribution in [3.05, 3.63) is 72.6 Å². The van der Waals surface area contributed by atoms with Gasteiger partial charge >= 0.3 is 5.97 Å². The van der Waals surface area contributed by atoms with Crippen LogP contribution < -0.4 is 0 Å². The first-order valence-electron chi connectivity index (χ1n) is 7.50. The number of carbonyl (C=O) groups excluding carboxylic acids is 1. The number of aliphatic carboxylic acids is 1. The van der Waals surface area contributed by atoms with E-state index in [4.69, 9.17) is 0 Å². The first-order chi connectivity index (χ1) is 11.1. The van der Waals surface area contributed by atoms with Crippen LogP contribution in [0.1, 0.15) is 16.8 Å². The summed E-state index contributed by atoms with van der Waals surface area (Å²) in [6.45, 7) is 0. The van der Waals surface area contributed by atoms with E-state index < -0.39 is 11.9 Å². The van der Waals surface area contributed by atoms with Gasteiger partial charge in [-0.15, -0.1) is 0 Å². The number of hydrogen-bond donors (Lipinski definition) is 1. The molecule has 0 saturated carbocycles. The summed E-state index contributed by atoms with van der Waals surface area (Å²) in [5.41, 5.74) is 0.922. The Morgan fingerprint density at radius 3 is 2.04 bits per heavy atom. The summed E-state index contributed by atoms with van der Waals surface area (Å²) in [5.74, 6) is -1.88. The highest BCUT2D eigenvalue weighted by Gasteiger charge is 2.22. The Hall–Kier alpha value is -2.88. The van der Waals surface area contributed by atoms with Crippen molar-refractivity contribution in [3.8, 4) is 0 Å². The van der Waals surface area contributed by atoms with Crippen LogP contribution in [0.4, 0.5) is 0 Å². The van der Waals surface area contributed by atoms with E-state index in [2.05, 4.69) is 0 Å². The van der Waals surface area contributed by atoms with E-state index >= 15 is 0 Å². The Morgan fingerprint density at radius 1 is 0.913 bits per heavy atom. The fourth-order valence-corrected chi connectivity index (χ4v) is 2.69. The van der Waals surface area contributed by atoms with E-state index in [0.717, 1.165) is 16.3 Å². The number of aromatic nitrogens is 1. The van der Waals surface area contributed by atoms with Crippen LogP contribution in [0, 0.1) is 5.92 Å². The predicted molar refractivity (Wildman–Crippen MR) is 88.5 cm³/mol. The second kappa shape index (κ2) is 6.48. The minimum absolute atomic E-state index is 0.0226. The zero-order valence-corrected chi connectivity index (χ0v) is 12.6. The molecule has 4 nitrogen and oxygen atoms in total. The van der Waals surface area contributed by atoms with Crippen molar-refractivity contribution >= 4 is 22.6 Å². The lowest BCUT2D eigenvalue weighted by Gasteiger charge is -2.12. The predicted octanol–water partition coefficient (Wildman–Crippen LogP) is 3.62. The van der Waals surface area contributed by atoms with Gasteiger partial charge in [0, 0.05) is 18.8 Å². The third-order valence-electron chi connectivity index (χ3n) is 3.94. The minimum Gasteiger partial charge on any atom is -0.481 e. The third kappa shape index (κ3) is 3.48. The summed E-state index contributed by atoms with van der Waals surface area (Å²) in [5, 5.41) is 11.3. The Morgan fingerprint density at radius 2 is 1.48 bits per heavy atom. The van der Waals surface area contributed by atoms with Crippen LogP contribution in [0.15, 0.2) is 67.0 Å². The SMILES string of the molecule is O=C(O)C(CC(=O)n1cc2ccccc2c1)Cc1ccccc1. The fraction of sp³-hybridized carbons (Fsp3) is 0.158. The molecule has 1 heterocycles. The monoisotopic (exact) mass is 307 g/mol. The van der Waals surface area contributed by atoms with Crippen LogP contribution in [-0.4, -0.2) is 21.6 Å². The largest absolute Gasteiger partial charge is 0.481 e. The zero-order chi connectivity index (χ0) is 16.2. The van der Waals surface area contributed by atoms with Crippen molar-refractivity contribution in [2.24, 2.45) is 5.92 Å². The Labute approximate surface area is 134 Å². The van der Waals surface area contributed by atoms with Gasteiger partial charge in [0.05, 0.1) is 5.92 Å². The Bertz CT molecular complexity index is 803. The molecule has 1 unspecified atom stereocenters. The molecular formula is C19H17NO3. The number of nitrogens with zero attached hydrogens (tertiary/aromatic N) is 1. The third-order valence-corrected chi connectivity index (χ3v) is 3.94. The number of fused-ring (bicyclic) bond motifs is 1. The molecule has 116 valence electrons. The zero-order valence-electron chi connectivity index (χ0n) is 12.6. The average Bonchev–Trinajstić information content (AvgIpc) is 2.99. The molecule has 0 amide bonds. The molecule has 2 aromatic carbocycles. The molecule has 0 aliphatic carbocycles. The molecule has 3 rings (SSSR count). The van der Waals surface area contributed by atoms with E-state index in [1.54, 1.807) is 12.4 Å². The summed E-state index contributed by atoms with van der Waals surface area (Å²) >= 11 is 0. The van der Waals surface area contributed by atoms with Crippen LogP contribution in [0.25, 0.3) is 10.8 Å². The van der Waals surface area contributed by atoms with Crippen LogP contribution in [0.5, 0.6) is 0 Å². The topological polar surface area (TPSA) is 59.3 Å². The van der Waals surface area contributed by atoms with Gasteiger partial charge in [-0.2, -0.15) is 0 Å². The fourth-order valence-electron chi connectivity index (χ4n) is 2.69. The maximum absolute atomic E-state index is 12.4. The highest BCUT2D eigenvalue weighted by Crippen LogP contribution is 2.18. The summed E-state index contributed by atoms with van der Waals surface area (Å²) in [6, 6.07) is 17.1. The first-order valence-corrected chi connectivity index (χ1v) is 7.50. The molecule has 0 saturated heterocycles. The van der Waals surface area contributed by atoms with E-state index in [1.165, 1.54) is 4.57 Å². The second-order valence-corrected chi connectivity index (χ2v) is 5.62. The molecule has 4 heteroatoms. The van der Waals surface area contributed by atoms with E-state index in [0.29, 0.717) is 6.42 Å². The second-order valence-electron chi connectivity index (χ2n) is 5.62. The van der Waals surface area contributed by atoms with Crippen molar-refractivity contribution in [3.63, 3.8) is 0 Å². The number of rotatable bonds is 5. The van der Waals surface area contributed by atoms with Crippen LogP contribution >= 0.6 is 0 Å². The van der Waals surface area contributed by atoms with Crippen LogP contribution in [-0.2, 0) is 11.2 Å². The lowest BCUT2D eigenvalue weighted by Crippen LogP contribution is -2.22. The number of carbonyl (C=O) groups is 2. The van der Waals surface area contributed by atoms with Gasteiger partial charge in [-0.1, -0.05) is 54.6 Å². The lowest BCUT2D eigenvalue weighted by atomic mass is 9.96. The van der Waals surface area contributed by atoms with E-state index in [-0.39, 0.29) is 12.3 Å². The molecule has 3 aromatic rings. The molecule has 0 fully saturated rings. The van der Waals surface area contributed by atoms with Crippen molar-refractivity contribution in [2.75, 3.05) is 0 Å². The van der Waals surface area contributed by atoms with Crippen molar-refractivity contribution < 1.29 is 14.7 Å². The molecule has 0 aliphatic rings. The molecule has 0 bridgehead atoms. The molecule has 23 heavy (non-hydrogen) atoms. The molecule has 0 spiro atoms. The van der Waals surface area contributed by atoms with E-state index in [9.17, 15) is 14.7 Å². The highest BCUT2D eigenvalue weighted by molar-refractivity contribution is 5.90. The Balaban J connectivity index is 1.76. The van der Waals surface area contributed by atoms with E-state index in [1.807, 2.05) is 54.6 Å². The number of carboxylic acids is 1. The summed E-state index contributed by atoms with van der Waals surface area (Å²) in [7, 11) is 0. The summed E-state index contributed by atoms with van der Waals surface area (Å²) < 4.78 is 1.49. The number of carboxylic acid groups (broad SMARTS) is 1. The standard InChI is InChI=1S/C19H17NO3/c21-18(20-12-15-8-4-5-9-16(15)13-20)11-17(19(22)23)10-14-6-2-1-3-7-14/h1-9,12-13,17H,10-11H2,(H,22,23). The van der Waals surface area contributed by atoms with Gasteiger partial charge in [0.1, 0.15) is 0 Å². The van der Waals surface area contributed by atoms with Gasteiger partial charge in [-0.3, -0.25) is 14.2 Å². The smallest absolute Gasteiger partial charge is 0.307 e. The normalized spacial score (nSPS) is 12.2. The van der Waals surface area contributed by atoms with Gasteiger partial charge in [-0.05, 0) is 22.8 Å². The number of benzene rings is 2. The number of hydrogen-bond acceptors (Lipinski definition) is 2. The van der Waals surface area contributed by atoms with Gasteiger partial charge in [-0.25, -0.2) is 0 Å². The molecule has 0 aliphatic heterocycles. The Kier molecular flexibility index (Phi) is 4.24. The van der Waals surface area contributed by atoms with Crippen molar-refractivity contribution in [1.82, 2.24) is 4.57 Å². The molecular weight excluding hydrogens is 290 g/mol. The minimum atomic E-state index is -0.945. The van der Waals surface area contributed by atoms with Gasteiger partial charge in [0.2, 0.25) is 5.91 Å². The molecule has 0 radical (unpaired) electrons. The lowest BCUT2D eigenvalue weighted by molar-refractivity contribution is -0.141. The quantitative estimate of drug-likeness (QED) is 0.783. The van der Waals surface area contributed by atoms with Crippen molar-refractivity contribution in [1.29, 1.82) is 0 Å². The van der Waals surface area contributed by atoms with Gasteiger partial charge in [0.15, 0.2) is 0 Å². The molecule has 1 N–H and O–H groups in total.